The van der Waals surface area contributed by atoms with E-state index in [1.807, 2.05) is 24.3 Å². The summed E-state index contributed by atoms with van der Waals surface area (Å²) >= 11 is 1.51. The minimum absolute atomic E-state index is 0.0808. The number of thioether (sulfide) groups is 1. The van der Waals surface area contributed by atoms with Crippen molar-refractivity contribution >= 4 is 17.6 Å². The molecule has 0 fully saturated rings. The average Bonchev–Trinajstić information content (AvgIpc) is 2.72. The zero-order valence-electron chi connectivity index (χ0n) is 9.29. The molecule has 1 aromatic heterocycles. The smallest absolute Gasteiger partial charge is 0.209 e. The molecule has 1 aromatic carbocycles. The second-order valence-corrected chi connectivity index (χ2v) is 4.39. The summed E-state index contributed by atoms with van der Waals surface area (Å²) in [5.74, 6) is 0.765. The molecular weight excluding hydrogens is 236 g/mol. The van der Waals surface area contributed by atoms with Gasteiger partial charge in [0.05, 0.1) is 0 Å². The maximum Gasteiger partial charge on any atom is 0.209 e. The first kappa shape index (κ1) is 11.6. The second kappa shape index (κ2) is 4.96. The van der Waals surface area contributed by atoms with Crippen molar-refractivity contribution < 1.29 is 0 Å². The molecule has 6 nitrogen and oxygen atoms in total. The van der Waals surface area contributed by atoms with Crippen LogP contribution in [-0.2, 0) is 12.8 Å². The van der Waals surface area contributed by atoms with Crippen molar-refractivity contribution in [2.45, 2.75) is 10.9 Å². The molecule has 2 rings (SSSR count). The van der Waals surface area contributed by atoms with E-state index in [0.717, 1.165) is 16.3 Å². The molecule has 0 spiro atoms. The van der Waals surface area contributed by atoms with Gasteiger partial charge in [-0.2, -0.15) is 0 Å². The van der Waals surface area contributed by atoms with E-state index in [-0.39, 0.29) is 5.84 Å². The first-order chi connectivity index (χ1) is 8.18. The molecule has 0 aliphatic carbocycles. The SMILES string of the molecule is Cn1nnnc1SCc1ccccc1C(=N)N. The van der Waals surface area contributed by atoms with Crippen LogP contribution >= 0.6 is 11.8 Å². The number of nitrogens with one attached hydrogen (secondary N) is 1. The van der Waals surface area contributed by atoms with E-state index in [0.29, 0.717) is 5.75 Å². The lowest BCUT2D eigenvalue weighted by atomic mass is 10.1. The van der Waals surface area contributed by atoms with Gasteiger partial charge in [0.1, 0.15) is 5.84 Å². The van der Waals surface area contributed by atoms with Gasteiger partial charge in [-0.1, -0.05) is 36.0 Å². The highest BCUT2D eigenvalue weighted by atomic mass is 32.2. The molecular formula is C10H12N6S. The Morgan fingerprint density at radius 3 is 2.88 bits per heavy atom. The zero-order chi connectivity index (χ0) is 12.3. The third kappa shape index (κ3) is 2.62. The number of rotatable bonds is 4. The fourth-order valence-corrected chi connectivity index (χ4v) is 2.25. The minimum atomic E-state index is 0.0808. The molecule has 0 amide bonds. The normalized spacial score (nSPS) is 10.4. The lowest BCUT2D eigenvalue weighted by Gasteiger charge is -2.06. The lowest BCUT2D eigenvalue weighted by molar-refractivity contribution is 0.664. The summed E-state index contributed by atoms with van der Waals surface area (Å²) < 4.78 is 1.61. The molecule has 0 saturated heterocycles. The molecule has 7 heteroatoms. The fraction of sp³-hybridized carbons (Fsp3) is 0.200. The average molecular weight is 248 g/mol. The zero-order valence-corrected chi connectivity index (χ0v) is 10.1. The van der Waals surface area contributed by atoms with Crippen molar-refractivity contribution in [3.63, 3.8) is 0 Å². The monoisotopic (exact) mass is 248 g/mol. The Morgan fingerprint density at radius 1 is 1.47 bits per heavy atom. The van der Waals surface area contributed by atoms with Gasteiger partial charge >= 0.3 is 0 Å². The first-order valence-electron chi connectivity index (χ1n) is 4.96. The van der Waals surface area contributed by atoms with Crippen LogP contribution < -0.4 is 5.73 Å². The Balaban J connectivity index is 2.14. The van der Waals surface area contributed by atoms with Crippen LogP contribution in [0.5, 0.6) is 0 Å². The van der Waals surface area contributed by atoms with Crippen LogP contribution in [0.1, 0.15) is 11.1 Å². The molecule has 0 aliphatic rings. The van der Waals surface area contributed by atoms with Gasteiger partial charge in [0.25, 0.3) is 0 Å². The predicted molar refractivity (Wildman–Crippen MR) is 65.8 cm³/mol. The summed E-state index contributed by atoms with van der Waals surface area (Å²) in [4.78, 5) is 0. The van der Waals surface area contributed by atoms with E-state index in [2.05, 4.69) is 15.5 Å². The Kier molecular flexibility index (Phi) is 3.38. The molecule has 0 aliphatic heterocycles. The molecule has 0 saturated carbocycles. The Morgan fingerprint density at radius 2 is 2.24 bits per heavy atom. The third-order valence-electron chi connectivity index (χ3n) is 2.25. The van der Waals surface area contributed by atoms with Crippen LogP contribution in [0.15, 0.2) is 29.4 Å². The van der Waals surface area contributed by atoms with Gasteiger partial charge in [-0.05, 0) is 16.0 Å². The van der Waals surface area contributed by atoms with Crippen LogP contribution in [-0.4, -0.2) is 26.0 Å². The highest BCUT2D eigenvalue weighted by molar-refractivity contribution is 7.98. The molecule has 3 N–H and O–H groups in total. The number of hydrogen-bond donors (Lipinski definition) is 2. The van der Waals surface area contributed by atoms with Crippen LogP contribution in [0.3, 0.4) is 0 Å². The number of aryl methyl sites for hydroxylation is 1. The molecule has 0 bridgehead atoms. The van der Waals surface area contributed by atoms with Crippen LogP contribution in [0.4, 0.5) is 0 Å². The number of nitrogens with zero attached hydrogens (tertiary/aromatic N) is 4. The summed E-state index contributed by atoms with van der Waals surface area (Å²) in [5, 5.41) is 19.4. The molecule has 17 heavy (non-hydrogen) atoms. The van der Waals surface area contributed by atoms with Gasteiger partial charge < -0.3 is 5.73 Å². The van der Waals surface area contributed by atoms with Crippen LogP contribution in [0, 0.1) is 5.41 Å². The highest BCUT2D eigenvalue weighted by Gasteiger charge is 2.07. The van der Waals surface area contributed by atoms with Crippen molar-refractivity contribution in [3.05, 3.63) is 35.4 Å². The van der Waals surface area contributed by atoms with E-state index in [9.17, 15) is 0 Å². The molecule has 0 radical (unpaired) electrons. The van der Waals surface area contributed by atoms with Gasteiger partial charge in [0.15, 0.2) is 0 Å². The van der Waals surface area contributed by atoms with Crippen molar-refractivity contribution in [1.82, 2.24) is 20.2 Å². The summed E-state index contributed by atoms with van der Waals surface area (Å²) in [6, 6.07) is 7.59. The third-order valence-corrected chi connectivity index (χ3v) is 3.30. The summed E-state index contributed by atoms with van der Waals surface area (Å²) in [6.45, 7) is 0. The summed E-state index contributed by atoms with van der Waals surface area (Å²) in [6.07, 6.45) is 0. The number of aromatic nitrogens is 4. The number of nitrogens with two attached hydrogens (primary N) is 1. The van der Waals surface area contributed by atoms with Crippen molar-refractivity contribution in [2.24, 2.45) is 12.8 Å². The van der Waals surface area contributed by atoms with E-state index < -0.39 is 0 Å². The number of hydrogen-bond acceptors (Lipinski definition) is 5. The minimum Gasteiger partial charge on any atom is -0.384 e. The van der Waals surface area contributed by atoms with Crippen molar-refractivity contribution in [2.75, 3.05) is 0 Å². The number of amidine groups is 1. The number of nitrogen functional groups attached to an aromatic ring is 1. The molecule has 2 aromatic rings. The maximum atomic E-state index is 7.49. The van der Waals surface area contributed by atoms with Gasteiger partial charge in [0.2, 0.25) is 5.16 Å². The van der Waals surface area contributed by atoms with E-state index in [4.69, 9.17) is 11.1 Å². The summed E-state index contributed by atoms with van der Waals surface area (Å²) in [7, 11) is 1.79. The fourth-order valence-electron chi connectivity index (χ4n) is 1.39. The van der Waals surface area contributed by atoms with Gasteiger partial charge in [0, 0.05) is 18.4 Å². The largest absolute Gasteiger partial charge is 0.384 e. The Labute approximate surface area is 103 Å². The van der Waals surface area contributed by atoms with E-state index in [1.165, 1.54) is 11.8 Å². The van der Waals surface area contributed by atoms with E-state index in [1.54, 1.807) is 11.7 Å². The first-order valence-corrected chi connectivity index (χ1v) is 5.94. The summed E-state index contributed by atoms with van der Waals surface area (Å²) in [5.41, 5.74) is 7.29. The molecule has 88 valence electrons. The Bertz CT molecular complexity index is 535. The molecule has 1 heterocycles. The van der Waals surface area contributed by atoms with Gasteiger partial charge in [-0.15, -0.1) is 5.10 Å². The quantitative estimate of drug-likeness (QED) is 0.474. The molecule has 0 atom stereocenters. The number of benzene rings is 1. The van der Waals surface area contributed by atoms with Crippen molar-refractivity contribution in [3.8, 4) is 0 Å². The Hall–Kier alpha value is -1.89. The van der Waals surface area contributed by atoms with Crippen LogP contribution in [0.2, 0.25) is 0 Å². The van der Waals surface area contributed by atoms with Gasteiger partial charge in [-0.25, -0.2) is 4.68 Å². The van der Waals surface area contributed by atoms with Crippen molar-refractivity contribution in [1.29, 1.82) is 5.41 Å². The number of tetrazole rings is 1. The van der Waals surface area contributed by atoms with E-state index >= 15 is 0 Å². The van der Waals surface area contributed by atoms with Crippen LogP contribution in [0.25, 0.3) is 0 Å². The lowest BCUT2D eigenvalue weighted by Crippen LogP contribution is -2.13. The topological polar surface area (TPSA) is 93.5 Å². The maximum absolute atomic E-state index is 7.49. The standard InChI is InChI=1S/C10H12N6S/c1-16-10(13-14-15-16)17-6-7-4-2-3-5-8(7)9(11)12/h2-5H,6H2,1H3,(H3,11,12). The second-order valence-electron chi connectivity index (χ2n) is 3.44. The molecule has 0 unspecified atom stereocenters. The predicted octanol–water partition coefficient (Wildman–Crippen LogP) is 0.786. The van der Waals surface area contributed by atoms with Gasteiger partial charge in [-0.3, -0.25) is 5.41 Å². The highest BCUT2D eigenvalue weighted by Crippen LogP contribution is 2.21.